The van der Waals surface area contributed by atoms with Crippen molar-refractivity contribution in [3.63, 3.8) is 0 Å². The van der Waals surface area contributed by atoms with Crippen LogP contribution >= 0.6 is 11.6 Å². The summed E-state index contributed by atoms with van der Waals surface area (Å²) < 4.78 is 10.9. The predicted molar refractivity (Wildman–Crippen MR) is 125 cm³/mol. The van der Waals surface area contributed by atoms with Crippen LogP contribution in [0.1, 0.15) is 28.8 Å². The molecular formula is C25H28ClN3O4. The van der Waals surface area contributed by atoms with E-state index in [4.69, 9.17) is 21.1 Å². The first-order valence-corrected chi connectivity index (χ1v) is 11.9. The molecule has 2 amide bonds. The van der Waals surface area contributed by atoms with Crippen molar-refractivity contribution in [3.8, 4) is 11.5 Å². The summed E-state index contributed by atoms with van der Waals surface area (Å²) in [5, 5.41) is 0.607. The van der Waals surface area contributed by atoms with Gasteiger partial charge in [-0.25, -0.2) is 0 Å². The number of nitrogens with zero attached hydrogens (tertiary/aromatic N) is 3. The normalized spacial score (nSPS) is 20.7. The molecule has 2 saturated heterocycles. The number of hydrogen-bond acceptors (Lipinski definition) is 5. The maximum Gasteiger partial charge on any atom is 0.253 e. The van der Waals surface area contributed by atoms with Crippen molar-refractivity contribution in [2.75, 3.05) is 46.1 Å². The number of hydrogen-bond donors (Lipinski definition) is 0. The Balaban J connectivity index is 1.13. The summed E-state index contributed by atoms with van der Waals surface area (Å²) in [4.78, 5) is 32.2. The molecule has 2 aromatic rings. The van der Waals surface area contributed by atoms with Crippen LogP contribution in [-0.2, 0) is 11.3 Å². The van der Waals surface area contributed by atoms with E-state index in [0.717, 1.165) is 44.0 Å². The lowest BCUT2D eigenvalue weighted by Crippen LogP contribution is -2.52. The highest BCUT2D eigenvalue weighted by molar-refractivity contribution is 6.30. The van der Waals surface area contributed by atoms with E-state index in [1.54, 1.807) is 24.3 Å². The number of carbonyl (C=O) groups is 2. The summed E-state index contributed by atoms with van der Waals surface area (Å²) in [6.07, 6.45) is 1.68. The Hall–Kier alpha value is -2.77. The van der Waals surface area contributed by atoms with E-state index in [2.05, 4.69) is 11.0 Å². The van der Waals surface area contributed by atoms with Gasteiger partial charge in [-0.2, -0.15) is 0 Å². The second kappa shape index (κ2) is 9.61. The highest BCUT2D eigenvalue weighted by atomic mass is 35.5. The molecule has 0 bridgehead atoms. The third-order valence-corrected chi connectivity index (χ3v) is 6.93. The first-order chi connectivity index (χ1) is 16.1. The second-order valence-corrected chi connectivity index (χ2v) is 9.32. The fourth-order valence-corrected chi connectivity index (χ4v) is 4.95. The van der Waals surface area contributed by atoms with E-state index in [1.807, 2.05) is 21.9 Å². The molecule has 1 unspecified atom stereocenters. The molecular weight excluding hydrogens is 442 g/mol. The Morgan fingerprint density at radius 1 is 0.909 bits per heavy atom. The molecule has 2 aromatic carbocycles. The van der Waals surface area contributed by atoms with Gasteiger partial charge in [0.05, 0.1) is 5.92 Å². The number of amides is 2. The molecule has 2 fully saturated rings. The summed E-state index contributed by atoms with van der Waals surface area (Å²) in [6, 6.07) is 13.0. The summed E-state index contributed by atoms with van der Waals surface area (Å²) in [6.45, 7) is 5.37. The van der Waals surface area contributed by atoms with E-state index in [0.29, 0.717) is 36.8 Å². The highest BCUT2D eigenvalue weighted by Crippen LogP contribution is 2.33. The third-order valence-electron chi connectivity index (χ3n) is 6.68. The lowest BCUT2D eigenvalue weighted by atomic mass is 9.95. The largest absolute Gasteiger partial charge is 0.454 e. The molecule has 3 heterocycles. The fourth-order valence-electron chi connectivity index (χ4n) is 4.82. The first kappa shape index (κ1) is 22.0. The van der Waals surface area contributed by atoms with Gasteiger partial charge in [0.1, 0.15) is 0 Å². The van der Waals surface area contributed by atoms with Crippen LogP contribution in [0.25, 0.3) is 0 Å². The Bertz CT molecular complexity index is 1020. The molecule has 174 valence electrons. The summed E-state index contributed by atoms with van der Waals surface area (Å²) in [5.41, 5.74) is 1.80. The smallest absolute Gasteiger partial charge is 0.253 e. The molecule has 0 N–H and O–H groups in total. The number of piperidine rings is 1. The van der Waals surface area contributed by atoms with Crippen LogP contribution in [-0.4, -0.2) is 72.6 Å². The minimum absolute atomic E-state index is 0.0299. The zero-order valence-corrected chi connectivity index (χ0v) is 19.3. The van der Waals surface area contributed by atoms with Gasteiger partial charge in [0.2, 0.25) is 12.7 Å². The Kier molecular flexibility index (Phi) is 6.42. The maximum absolute atomic E-state index is 13.2. The predicted octanol–water partition coefficient (Wildman–Crippen LogP) is 3.27. The number of halogens is 1. The van der Waals surface area contributed by atoms with Crippen molar-refractivity contribution in [2.24, 2.45) is 5.92 Å². The van der Waals surface area contributed by atoms with Gasteiger partial charge in [-0.3, -0.25) is 14.5 Å². The summed E-state index contributed by atoms with van der Waals surface area (Å²) >= 11 is 5.94. The number of fused-ring (bicyclic) bond motifs is 1. The van der Waals surface area contributed by atoms with Crippen LogP contribution in [0.5, 0.6) is 11.5 Å². The lowest BCUT2D eigenvalue weighted by Gasteiger charge is -2.39. The minimum atomic E-state index is -0.129. The van der Waals surface area contributed by atoms with Gasteiger partial charge >= 0.3 is 0 Å². The summed E-state index contributed by atoms with van der Waals surface area (Å²) in [5.74, 6) is 1.61. The molecule has 33 heavy (non-hydrogen) atoms. The van der Waals surface area contributed by atoms with E-state index in [-0.39, 0.29) is 24.5 Å². The second-order valence-electron chi connectivity index (χ2n) is 8.89. The standard InChI is InChI=1S/C25H28ClN3O4/c26-21-6-4-19(5-7-21)24(30)29-9-1-2-20(16-29)25(31)28-12-10-27(11-13-28)15-18-3-8-22-23(14-18)33-17-32-22/h3-8,14,20H,1-2,9-13,15-17H2. The van der Waals surface area contributed by atoms with Crippen LogP contribution in [0.4, 0.5) is 0 Å². The topological polar surface area (TPSA) is 62.3 Å². The first-order valence-electron chi connectivity index (χ1n) is 11.5. The van der Waals surface area contributed by atoms with Crippen LogP contribution in [0.2, 0.25) is 5.02 Å². The van der Waals surface area contributed by atoms with Gasteiger partial charge in [-0.15, -0.1) is 0 Å². The van der Waals surface area contributed by atoms with E-state index in [9.17, 15) is 9.59 Å². The van der Waals surface area contributed by atoms with E-state index >= 15 is 0 Å². The molecule has 3 aliphatic heterocycles. The average molecular weight is 470 g/mol. The molecule has 0 spiro atoms. The summed E-state index contributed by atoms with van der Waals surface area (Å²) in [7, 11) is 0. The Morgan fingerprint density at radius 3 is 2.45 bits per heavy atom. The fraction of sp³-hybridized carbons (Fsp3) is 0.440. The molecule has 8 heteroatoms. The molecule has 0 aromatic heterocycles. The monoisotopic (exact) mass is 469 g/mol. The van der Waals surface area contributed by atoms with Crippen LogP contribution in [0, 0.1) is 5.92 Å². The molecule has 0 saturated carbocycles. The average Bonchev–Trinajstić information content (AvgIpc) is 3.32. The molecule has 5 rings (SSSR count). The van der Waals surface area contributed by atoms with Gasteiger partial charge < -0.3 is 19.3 Å². The number of ether oxygens (including phenoxy) is 2. The zero-order valence-electron chi connectivity index (χ0n) is 18.5. The number of benzene rings is 2. The third kappa shape index (κ3) is 4.94. The number of likely N-dealkylation sites (tertiary alicyclic amines) is 1. The SMILES string of the molecule is O=C(c1ccc(Cl)cc1)N1CCCC(C(=O)N2CCN(Cc3ccc4c(c3)OCO4)CC2)C1. The van der Waals surface area contributed by atoms with Gasteiger partial charge in [0.25, 0.3) is 5.91 Å². The van der Waals surface area contributed by atoms with Crippen molar-refractivity contribution in [3.05, 3.63) is 58.6 Å². The number of rotatable bonds is 4. The van der Waals surface area contributed by atoms with Gasteiger partial charge in [0.15, 0.2) is 11.5 Å². The molecule has 0 radical (unpaired) electrons. The van der Waals surface area contributed by atoms with E-state index in [1.165, 1.54) is 5.56 Å². The lowest BCUT2D eigenvalue weighted by molar-refractivity contribution is -0.138. The quantitative estimate of drug-likeness (QED) is 0.687. The Morgan fingerprint density at radius 2 is 1.67 bits per heavy atom. The minimum Gasteiger partial charge on any atom is -0.454 e. The van der Waals surface area contributed by atoms with Crippen LogP contribution in [0.15, 0.2) is 42.5 Å². The van der Waals surface area contributed by atoms with Crippen molar-refractivity contribution in [1.82, 2.24) is 14.7 Å². The molecule has 0 aliphatic carbocycles. The highest BCUT2D eigenvalue weighted by Gasteiger charge is 2.33. The maximum atomic E-state index is 13.2. The van der Waals surface area contributed by atoms with E-state index < -0.39 is 0 Å². The van der Waals surface area contributed by atoms with Crippen molar-refractivity contribution in [2.45, 2.75) is 19.4 Å². The molecule has 7 nitrogen and oxygen atoms in total. The van der Waals surface area contributed by atoms with Crippen LogP contribution < -0.4 is 9.47 Å². The number of carbonyl (C=O) groups excluding carboxylic acids is 2. The molecule has 3 aliphatic rings. The van der Waals surface area contributed by atoms with Crippen molar-refractivity contribution >= 4 is 23.4 Å². The van der Waals surface area contributed by atoms with Crippen molar-refractivity contribution < 1.29 is 19.1 Å². The Labute approximate surface area is 198 Å². The zero-order chi connectivity index (χ0) is 22.8. The van der Waals surface area contributed by atoms with Gasteiger partial charge in [-0.05, 0) is 54.8 Å². The van der Waals surface area contributed by atoms with Crippen LogP contribution in [0.3, 0.4) is 0 Å². The number of piperazine rings is 1. The van der Waals surface area contributed by atoms with Gasteiger partial charge in [0, 0.05) is 56.4 Å². The molecule has 1 atom stereocenters. The van der Waals surface area contributed by atoms with Gasteiger partial charge in [-0.1, -0.05) is 17.7 Å². The van der Waals surface area contributed by atoms with Crippen molar-refractivity contribution in [1.29, 1.82) is 0 Å².